The highest BCUT2D eigenvalue weighted by molar-refractivity contribution is 5.95. The average Bonchev–Trinajstić information content (AvgIpc) is 2.73. The summed E-state index contributed by atoms with van der Waals surface area (Å²) in [7, 11) is 2.99. The molecule has 0 bridgehead atoms. The van der Waals surface area contributed by atoms with Crippen LogP contribution in [0.3, 0.4) is 0 Å². The maximum Gasteiger partial charge on any atom is 0.346 e. The third kappa shape index (κ3) is 4.39. The predicted octanol–water partition coefficient (Wildman–Crippen LogP) is 4.85. The highest BCUT2D eigenvalue weighted by atomic mass is 16.5. The van der Waals surface area contributed by atoms with Crippen molar-refractivity contribution in [2.45, 2.75) is 6.61 Å². The van der Waals surface area contributed by atoms with E-state index in [1.54, 1.807) is 18.2 Å². The molecule has 0 aliphatic rings. The second kappa shape index (κ2) is 8.76. The fourth-order valence-corrected chi connectivity index (χ4v) is 2.61. The third-order valence-corrected chi connectivity index (χ3v) is 3.93. The molecule has 0 atom stereocenters. The normalized spacial score (nSPS) is 10.1. The van der Waals surface area contributed by atoms with Crippen molar-refractivity contribution in [3.63, 3.8) is 0 Å². The Labute approximate surface area is 158 Å². The molecule has 0 saturated heterocycles. The Hall–Kier alpha value is -3.47. The van der Waals surface area contributed by atoms with Gasteiger partial charge in [0.1, 0.15) is 35.2 Å². The van der Waals surface area contributed by atoms with Crippen LogP contribution in [-0.4, -0.2) is 20.2 Å². The predicted molar refractivity (Wildman–Crippen MR) is 102 cm³/mol. The standard InChI is InChI=1S/C22H20O5/c1-24-19-13-8-14-20(25-2)21(19)22(23)26-15-16-9-6-7-12-18(16)27-17-10-4-3-5-11-17/h3-14H,15H2,1-2H3. The lowest BCUT2D eigenvalue weighted by molar-refractivity contribution is 0.0463. The molecule has 5 nitrogen and oxygen atoms in total. The summed E-state index contributed by atoms with van der Waals surface area (Å²) < 4.78 is 21.9. The summed E-state index contributed by atoms with van der Waals surface area (Å²) in [6, 6.07) is 22.0. The van der Waals surface area contributed by atoms with Gasteiger partial charge in [-0.25, -0.2) is 4.79 Å². The van der Waals surface area contributed by atoms with Crippen molar-refractivity contribution >= 4 is 5.97 Å². The number of rotatable bonds is 7. The van der Waals surface area contributed by atoms with E-state index in [2.05, 4.69) is 0 Å². The van der Waals surface area contributed by atoms with Gasteiger partial charge in [0.2, 0.25) is 0 Å². The monoisotopic (exact) mass is 364 g/mol. The van der Waals surface area contributed by atoms with E-state index < -0.39 is 5.97 Å². The second-order valence-electron chi connectivity index (χ2n) is 5.64. The van der Waals surface area contributed by atoms with E-state index >= 15 is 0 Å². The molecule has 0 radical (unpaired) electrons. The van der Waals surface area contributed by atoms with Gasteiger partial charge in [0, 0.05) is 5.56 Å². The number of esters is 1. The van der Waals surface area contributed by atoms with Crippen molar-refractivity contribution in [2.75, 3.05) is 14.2 Å². The maximum absolute atomic E-state index is 12.6. The minimum absolute atomic E-state index is 0.0586. The van der Waals surface area contributed by atoms with Gasteiger partial charge in [-0.1, -0.05) is 42.5 Å². The number of carbonyl (C=O) groups excluding carboxylic acids is 1. The van der Waals surface area contributed by atoms with E-state index in [0.29, 0.717) is 23.0 Å². The minimum atomic E-state index is -0.529. The summed E-state index contributed by atoms with van der Waals surface area (Å²) in [5, 5.41) is 0. The number of carbonyl (C=O) groups is 1. The van der Waals surface area contributed by atoms with Gasteiger partial charge in [0.25, 0.3) is 0 Å². The number of methoxy groups -OCH3 is 2. The minimum Gasteiger partial charge on any atom is -0.496 e. The molecule has 5 heteroatoms. The molecule has 0 aromatic heterocycles. The van der Waals surface area contributed by atoms with Crippen LogP contribution < -0.4 is 14.2 Å². The molecule has 3 aromatic carbocycles. The van der Waals surface area contributed by atoms with Gasteiger partial charge in [-0.15, -0.1) is 0 Å². The van der Waals surface area contributed by atoms with E-state index in [0.717, 1.165) is 5.56 Å². The Kier molecular flexibility index (Phi) is 5.94. The Morgan fingerprint density at radius 1 is 0.741 bits per heavy atom. The Balaban J connectivity index is 1.77. The van der Waals surface area contributed by atoms with Crippen molar-refractivity contribution in [2.24, 2.45) is 0 Å². The smallest absolute Gasteiger partial charge is 0.346 e. The average molecular weight is 364 g/mol. The van der Waals surface area contributed by atoms with Gasteiger partial charge in [-0.2, -0.15) is 0 Å². The van der Waals surface area contributed by atoms with Crippen LogP contribution in [0.15, 0.2) is 72.8 Å². The molecule has 27 heavy (non-hydrogen) atoms. The summed E-state index contributed by atoms with van der Waals surface area (Å²) in [5.41, 5.74) is 1.01. The number of benzene rings is 3. The lowest BCUT2D eigenvalue weighted by atomic mass is 10.1. The van der Waals surface area contributed by atoms with Crippen LogP contribution in [0.25, 0.3) is 0 Å². The molecule has 3 rings (SSSR count). The second-order valence-corrected chi connectivity index (χ2v) is 5.64. The molecule has 0 amide bonds. The van der Waals surface area contributed by atoms with Gasteiger partial charge < -0.3 is 18.9 Å². The molecule has 0 spiro atoms. The van der Waals surface area contributed by atoms with Crippen molar-refractivity contribution in [1.82, 2.24) is 0 Å². The van der Waals surface area contributed by atoms with Gasteiger partial charge in [-0.05, 0) is 30.3 Å². The first-order valence-corrected chi connectivity index (χ1v) is 8.42. The SMILES string of the molecule is COc1cccc(OC)c1C(=O)OCc1ccccc1Oc1ccccc1. The lowest BCUT2D eigenvalue weighted by Crippen LogP contribution is -2.09. The maximum atomic E-state index is 12.6. The molecule has 0 saturated carbocycles. The van der Waals surface area contributed by atoms with Gasteiger partial charge in [-0.3, -0.25) is 0 Å². The largest absolute Gasteiger partial charge is 0.496 e. The highest BCUT2D eigenvalue weighted by Crippen LogP contribution is 2.30. The van der Waals surface area contributed by atoms with Crippen molar-refractivity contribution in [3.8, 4) is 23.0 Å². The lowest BCUT2D eigenvalue weighted by Gasteiger charge is -2.14. The summed E-state index contributed by atoms with van der Waals surface area (Å²) in [6.07, 6.45) is 0. The summed E-state index contributed by atoms with van der Waals surface area (Å²) in [6.45, 7) is 0.0586. The first-order valence-electron chi connectivity index (χ1n) is 8.42. The van der Waals surface area contributed by atoms with Crippen LogP contribution in [0, 0.1) is 0 Å². The summed E-state index contributed by atoms with van der Waals surface area (Å²) >= 11 is 0. The number of hydrogen-bond acceptors (Lipinski definition) is 5. The van der Waals surface area contributed by atoms with Crippen molar-refractivity contribution in [1.29, 1.82) is 0 Å². The summed E-state index contributed by atoms with van der Waals surface area (Å²) in [4.78, 5) is 12.6. The molecule has 0 heterocycles. The zero-order valence-electron chi connectivity index (χ0n) is 15.2. The first-order chi connectivity index (χ1) is 13.2. The van der Waals surface area contributed by atoms with E-state index in [4.69, 9.17) is 18.9 Å². The molecule has 0 aliphatic heterocycles. The van der Waals surface area contributed by atoms with Crippen molar-refractivity contribution < 1.29 is 23.7 Å². The molecule has 0 N–H and O–H groups in total. The highest BCUT2D eigenvalue weighted by Gasteiger charge is 2.20. The Morgan fingerprint density at radius 2 is 1.33 bits per heavy atom. The first kappa shape index (κ1) is 18.3. The summed E-state index contributed by atoms with van der Waals surface area (Å²) in [5.74, 6) is 1.60. The zero-order chi connectivity index (χ0) is 19.1. The molecular formula is C22H20O5. The van der Waals surface area contributed by atoms with Gasteiger partial charge >= 0.3 is 5.97 Å². The molecule has 0 fully saturated rings. The van der Waals surface area contributed by atoms with E-state index in [1.165, 1.54) is 14.2 Å². The van der Waals surface area contributed by atoms with Crippen LogP contribution >= 0.6 is 0 Å². The quantitative estimate of drug-likeness (QED) is 0.561. The number of hydrogen-bond donors (Lipinski definition) is 0. The molecule has 0 unspecified atom stereocenters. The van der Waals surface area contributed by atoms with Gasteiger partial charge in [0.15, 0.2) is 0 Å². The zero-order valence-corrected chi connectivity index (χ0v) is 15.2. The topological polar surface area (TPSA) is 54.0 Å². The third-order valence-electron chi connectivity index (χ3n) is 3.93. The molecular weight excluding hydrogens is 344 g/mol. The molecule has 3 aromatic rings. The van der Waals surface area contributed by atoms with Crippen LogP contribution in [0.2, 0.25) is 0 Å². The van der Waals surface area contributed by atoms with Crippen molar-refractivity contribution in [3.05, 3.63) is 83.9 Å². The fraction of sp³-hybridized carbons (Fsp3) is 0.136. The van der Waals surface area contributed by atoms with E-state index in [1.807, 2.05) is 54.6 Å². The van der Waals surface area contributed by atoms with E-state index in [9.17, 15) is 4.79 Å². The number of para-hydroxylation sites is 2. The Bertz CT molecular complexity index is 883. The van der Waals surface area contributed by atoms with Crippen LogP contribution in [0.1, 0.15) is 15.9 Å². The fourth-order valence-electron chi connectivity index (χ4n) is 2.61. The van der Waals surface area contributed by atoms with Crippen LogP contribution in [0.5, 0.6) is 23.0 Å². The Morgan fingerprint density at radius 3 is 2.00 bits per heavy atom. The molecule has 0 aliphatic carbocycles. The van der Waals surface area contributed by atoms with Crippen LogP contribution in [-0.2, 0) is 11.3 Å². The number of ether oxygens (including phenoxy) is 4. The van der Waals surface area contributed by atoms with Gasteiger partial charge in [0.05, 0.1) is 14.2 Å². The molecule has 138 valence electrons. The van der Waals surface area contributed by atoms with Crippen LogP contribution in [0.4, 0.5) is 0 Å². The van der Waals surface area contributed by atoms with E-state index in [-0.39, 0.29) is 12.2 Å².